The first-order valence-corrected chi connectivity index (χ1v) is 6.78. The van der Waals surface area contributed by atoms with Crippen molar-refractivity contribution in [2.24, 2.45) is 16.6 Å². The molecule has 3 N–H and O–H groups in total. The minimum atomic E-state index is 0. The fourth-order valence-electron chi connectivity index (χ4n) is 2.10. The molecule has 0 spiro atoms. The highest BCUT2D eigenvalue weighted by atomic mass is 127. The number of benzene rings is 1. The molecule has 106 valence electrons. The Morgan fingerprint density at radius 1 is 1.37 bits per heavy atom. The number of aliphatic imine (C=N–C) groups is 1. The van der Waals surface area contributed by atoms with E-state index < -0.39 is 0 Å². The van der Waals surface area contributed by atoms with Gasteiger partial charge in [0.05, 0.1) is 0 Å². The summed E-state index contributed by atoms with van der Waals surface area (Å²) in [6, 6.07) is 11.1. The van der Waals surface area contributed by atoms with Crippen LogP contribution in [0.2, 0.25) is 0 Å². The predicted molar refractivity (Wildman–Crippen MR) is 92.1 cm³/mol. The van der Waals surface area contributed by atoms with E-state index >= 15 is 0 Å². The van der Waals surface area contributed by atoms with Gasteiger partial charge < -0.3 is 11.1 Å². The molecule has 0 radical (unpaired) electrons. The second-order valence-electron chi connectivity index (χ2n) is 5.45. The van der Waals surface area contributed by atoms with Gasteiger partial charge in [0, 0.05) is 18.5 Å². The van der Waals surface area contributed by atoms with E-state index in [4.69, 9.17) is 5.73 Å². The minimum absolute atomic E-state index is 0. The van der Waals surface area contributed by atoms with Gasteiger partial charge in [-0.25, -0.2) is 0 Å². The van der Waals surface area contributed by atoms with Gasteiger partial charge in [0.15, 0.2) is 5.96 Å². The highest BCUT2D eigenvalue weighted by Gasteiger charge is 2.38. The zero-order valence-corrected chi connectivity index (χ0v) is 14.0. The van der Waals surface area contributed by atoms with Crippen molar-refractivity contribution in [3.63, 3.8) is 0 Å². The van der Waals surface area contributed by atoms with Gasteiger partial charge in [-0.3, -0.25) is 4.99 Å². The predicted octanol–water partition coefficient (Wildman–Crippen LogP) is 3.11. The summed E-state index contributed by atoms with van der Waals surface area (Å²) in [7, 11) is 0. The molecule has 0 aliphatic heterocycles. The van der Waals surface area contributed by atoms with Crippen molar-refractivity contribution in [2.45, 2.75) is 38.6 Å². The molecule has 2 rings (SSSR count). The first kappa shape index (κ1) is 16.3. The summed E-state index contributed by atoms with van der Waals surface area (Å²) in [5.74, 6) is 1.88. The summed E-state index contributed by atoms with van der Waals surface area (Å²) in [5.41, 5.74) is 7.27. The number of hydrogen-bond acceptors (Lipinski definition) is 1. The molecule has 4 heteroatoms. The van der Waals surface area contributed by atoms with E-state index in [1.165, 1.54) is 5.56 Å². The van der Waals surface area contributed by atoms with Crippen LogP contribution in [-0.2, 0) is 0 Å². The van der Waals surface area contributed by atoms with Crippen LogP contribution in [0.3, 0.4) is 0 Å². The number of nitrogens with zero attached hydrogens (tertiary/aromatic N) is 1. The van der Waals surface area contributed by atoms with E-state index in [9.17, 15) is 0 Å². The minimum Gasteiger partial charge on any atom is -0.370 e. The lowest BCUT2D eigenvalue weighted by molar-refractivity contribution is 0.595. The average molecular weight is 373 g/mol. The summed E-state index contributed by atoms with van der Waals surface area (Å²) in [5, 5.41) is 3.30. The van der Waals surface area contributed by atoms with Crippen LogP contribution >= 0.6 is 24.0 Å². The van der Waals surface area contributed by atoms with E-state index in [0.717, 1.165) is 19.4 Å². The Morgan fingerprint density at radius 3 is 2.68 bits per heavy atom. The second kappa shape index (κ2) is 7.72. The van der Waals surface area contributed by atoms with Gasteiger partial charge in [-0.1, -0.05) is 44.2 Å². The largest absolute Gasteiger partial charge is 0.370 e. The molecule has 1 aliphatic carbocycles. The van der Waals surface area contributed by atoms with Crippen molar-refractivity contribution < 1.29 is 0 Å². The van der Waals surface area contributed by atoms with E-state index in [1.807, 2.05) is 0 Å². The van der Waals surface area contributed by atoms with E-state index in [-0.39, 0.29) is 24.0 Å². The van der Waals surface area contributed by atoms with Crippen LogP contribution in [0.1, 0.15) is 38.2 Å². The maximum Gasteiger partial charge on any atom is 0.188 e. The smallest absolute Gasteiger partial charge is 0.188 e. The molecular weight excluding hydrogens is 349 g/mol. The Kier molecular flexibility index (Phi) is 6.62. The van der Waals surface area contributed by atoms with Crippen molar-refractivity contribution in [1.82, 2.24) is 5.32 Å². The zero-order chi connectivity index (χ0) is 13.0. The molecule has 2 atom stereocenters. The lowest BCUT2D eigenvalue weighted by Crippen LogP contribution is -2.34. The topological polar surface area (TPSA) is 50.4 Å². The van der Waals surface area contributed by atoms with Crippen LogP contribution < -0.4 is 11.1 Å². The molecule has 1 aliphatic rings. The fourth-order valence-corrected chi connectivity index (χ4v) is 2.10. The normalized spacial score (nSPS) is 21.9. The van der Waals surface area contributed by atoms with E-state index in [1.54, 1.807) is 0 Å². The highest BCUT2D eigenvalue weighted by molar-refractivity contribution is 14.0. The van der Waals surface area contributed by atoms with E-state index in [0.29, 0.717) is 23.8 Å². The first-order valence-electron chi connectivity index (χ1n) is 6.78. The first-order chi connectivity index (χ1) is 8.66. The van der Waals surface area contributed by atoms with Gasteiger partial charge in [-0.2, -0.15) is 0 Å². The number of nitrogens with one attached hydrogen (secondary N) is 1. The van der Waals surface area contributed by atoms with Gasteiger partial charge >= 0.3 is 0 Å². The second-order valence-corrected chi connectivity index (χ2v) is 5.45. The maximum absolute atomic E-state index is 5.88. The Morgan fingerprint density at radius 2 is 2.05 bits per heavy atom. The lowest BCUT2D eigenvalue weighted by atomic mass is 10.1. The number of nitrogens with two attached hydrogens (primary N) is 1. The van der Waals surface area contributed by atoms with Crippen molar-refractivity contribution in [1.29, 1.82) is 0 Å². The molecular formula is C15H24IN3. The number of hydrogen-bond donors (Lipinski definition) is 2. The fraction of sp³-hybridized carbons (Fsp3) is 0.533. The molecule has 0 amide bonds. The number of guanidine groups is 1. The monoisotopic (exact) mass is 373 g/mol. The van der Waals surface area contributed by atoms with Crippen LogP contribution in [-0.4, -0.2) is 18.5 Å². The molecule has 19 heavy (non-hydrogen) atoms. The van der Waals surface area contributed by atoms with Gasteiger partial charge in [-0.05, 0) is 24.3 Å². The summed E-state index contributed by atoms with van der Waals surface area (Å²) in [4.78, 5) is 4.36. The molecule has 0 heterocycles. The maximum atomic E-state index is 5.88. The standard InChI is InChI=1S/C15H23N3.HI/c1-11(2)8-9-17-15(16)18-14-10-13(14)12-6-4-3-5-7-12;/h3-7,11,13-14H,8-10H2,1-2H3,(H3,16,17,18);1H. The van der Waals surface area contributed by atoms with Crippen LogP contribution in [0.15, 0.2) is 35.3 Å². The molecule has 1 saturated carbocycles. The van der Waals surface area contributed by atoms with Gasteiger partial charge in [0.1, 0.15) is 0 Å². The summed E-state index contributed by atoms with van der Waals surface area (Å²) in [6.07, 6.45) is 2.25. The zero-order valence-electron chi connectivity index (χ0n) is 11.7. The van der Waals surface area contributed by atoms with Crippen molar-refractivity contribution >= 4 is 29.9 Å². The molecule has 1 aromatic rings. The van der Waals surface area contributed by atoms with Gasteiger partial charge in [0.25, 0.3) is 0 Å². The Balaban J connectivity index is 0.00000180. The molecule has 1 aromatic carbocycles. The van der Waals surface area contributed by atoms with Crippen molar-refractivity contribution in [3.05, 3.63) is 35.9 Å². The summed E-state index contributed by atoms with van der Waals surface area (Å²) < 4.78 is 0. The van der Waals surface area contributed by atoms with E-state index in [2.05, 4.69) is 54.5 Å². The molecule has 3 nitrogen and oxygen atoms in total. The SMILES string of the molecule is CC(C)CCN=C(N)NC1CC1c1ccccc1.I. The molecule has 0 bridgehead atoms. The Bertz CT molecular complexity index is 403. The summed E-state index contributed by atoms with van der Waals surface area (Å²) >= 11 is 0. The van der Waals surface area contributed by atoms with Crippen LogP contribution in [0, 0.1) is 5.92 Å². The Hall–Kier alpha value is -0.780. The number of rotatable bonds is 5. The Labute approximate surface area is 133 Å². The summed E-state index contributed by atoms with van der Waals surface area (Å²) in [6.45, 7) is 5.22. The lowest BCUT2D eigenvalue weighted by Gasteiger charge is -2.06. The third-order valence-electron chi connectivity index (χ3n) is 3.34. The third-order valence-corrected chi connectivity index (χ3v) is 3.34. The molecule has 1 fully saturated rings. The third kappa shape index (κ3) is 5.38. The van der Waals surface area contributed by atoms with Gasteiger partial charge in [0.2, 0.25) is 0 Å². The van der Waals surface area contributed by atoms with Crippen molar-refractivity contribution in [3.8, 4) is 0 Å². The molecule has 0 aromatic heterocycles. The van der Waals surface area contributed by atoms with Crippen LogP contribution in [0.5, 0.6) is 0 Å². The quantitative estimate of drug-likeness (QED) is 0.473. The number of halogens is 1. The van der Waals surface area contributed by atoms with Crippen LogP contribution in [0.4, 0.5) is 0 Å². The van der Waals surface area contributed by atoms with Crippen molar-refractivity contribution in [2.75, 3.05) is 6.54 Å². The van der Waals surface area contributed by atoms with Crippen LogP contribution in [0.25, 0.3) is 0 Å². The highest BCUT2D eigenvalue weighted by Crippen LogP contribution is 2.40. The molecule has 2 unspecified atom stereocenters. The molecule has 0 saturated heterocycles. The average Bonchev–Trinajstić information content (AvgIpc) is 3.09. The van der Waals surface area contributed by atoms with Gasteiger partial charge in [-0.15, -0.1) is 24.0 Å².